The van der Waals surface area contributed by atoms with Gasteiger partial charge in [0.05, 0.1) is 19.4 Å². The summed E-state index contributed by atoms with van der Waals surface area (Å²) in [5, 5.41) is 1.95. The number of fused-ring (bicyclic) bond motifs is 1. The number of nitrogens with zero attached hydrogens (tertiary/aromatic N) is 2. The highest BCUT2D eigenvalue weighted by Crippen LogP contribution is 2.54. The number of benzene rings is 2. The van der Waals surface area contributed by atoms with E-state index in [2.05, 4.69) is 0 Å². The number of anilines is 1. The monoisotopic (exact) mass is 492 g/mol. The summed E-state index contributed by atoms with van der Waals surface area (Å²) in [4.78, 5) is 31.8. The number of carbonyl (C=O) groups excluding carboxylic acids is 2. The van der Waals surface area contributed by atoms with Crippen LogP contribution in [0, 0.1) is 0 Å². The van der Waals surface area contributed by atoms with Gasteiger partial charge < -0.3 is 14.3 Å². The lowest BCUT2D eigenvalue weighted by atomic mass is 10.1. The first kappa shape index (κ1) is 25.2. The lowest BCUT2D eigenvalue weighted by Crippen LogP contribution is -2.34. The maximum atomic E-state index is 12.6. The Morgan fingerprint density at radius 1 is 1.18 bits per heavy atom. The van der Waals surface area contributed by atoms with E-state index in [1.165, 1.54) is 6.92 Å². The van der Waals surface area contributed by atoms with Crippen LogP contribution in [0.15, 0.2) is 41.3 Å². The Balaban J connectivity index is 1.80. The van der Waals surface area contributed by atoms with E-state index in [0.29, 0.717) is 36.1 Å². The lowest BCUT2D eigenvalue weighted by molar-refractivity contribution is -0.197. The molecule has 178 valence electrons. The molecule has 0 radical (unpaired) electrons. The Kier molecular flexibility index (Phi) is 8.51. The molecule has 1 amide bonds. The quantitative estimate of drug-likeness (QED) is 0.340. The second-order valence-electron chi connectivity index (χ2n) is 7.89. The molecule has 3 rings (SSSR count). The van der Waals surface area contributed by atoms with E-state index < -0.39 is 0 Å². The third-order valence-electron chi connectivity index (χ3n) is 5.08. The Bertz CT molecular complexity index is 1020. The summed E-state index contributed by atoms with van der Waals surface area (Å²) in [7, 11) is 1.61. The van der Waals surface area contributed by atoms with Crippen molar-refractivity contribution in [3.63, 3.8) is 0 Å². The Hall–Kier alpha value is -2.42. The zero-order valence-electron chi connectivity index (χ0n) is 19.5. The molecular weight excluding hydrogens is 464 g/mol. The number of methoxy groups -OCH3 is 1. The highest BCUT2D eigenvalue weighted by atomic mass is 35.5. The second kappa shape index (κ2) is 11.1. The van der Waals surface area contributed by atoms with E-state index in [9.17, 15) is 9.59 Å². The molecule has 0 fully saturated rings. The van der Waals surface area contributed by atoms with Gasteiger partial charge in [-0.05, 0) is 56.7 Å². The van der Waals surface area contributed by atoms with Crippen LogP contribution in [0.3, 0.4) is 0 Å². The van der Waals surface area contributed by atoms with Gasteiger partial charge in [0.2, 0.25) is 5.91 Å². The number of carbonyl (C=O) groups is 2. The fourth-order valence-corrected chi connectivity index (χ4v) is 5.21. The molecule has 9 heteroatoms. The zero-order valence-corrected chi connectivity index (χ0v) is 21.0. The molecule has 0 aliphatic carbocycles. The van der Waals surface area contributed by atoms with Gasteiger partial charge in [-0.3, -0.25) is 14.5 Å². The molecule has 0 N–H and O–H groups in total. The average Bonchev–Trinajstić information content (AvgIpc) is 3.14. The number of halogens is 1. The summed E-state index contributed by atoms with van der Waals surface area (Å²) in [5.74, 6) is 0.930. The van der Waals surface area contributed by atoms with Crippen molar-refractivity contribution in [2.75, 3.05) is 25.2 Å². The van der Waals surface area contributed by atoms with Crippen molar-refractivity contribution in [3.05, 3.63) is 47.0 Å². The van der Waals surface area contributed by atoms with Crippen molar-refractivity contribution in [3.8, 4) is 11.5 Å². The SMILES string of the molecule is COc1ccc(OCCCN(OC(C)=O)C(C)C)c(C2Sc3cc(Cl)ccc3N2C(C)=O)c1. The number of amides is 1. The van der Waals surface area contributed by atoms with Gasteiger partial charge in [0.1, 0.15) is 16.9 Å². The third-order valence-corrected chi connectivity index (χ3v) is 6.58. The molecule has 0 saturated carbocycles. The Morgan fingerprint density at radius 3 is 2.58 bits per heavy atom. The van der Waals surface area contributed by atoms with Gasteiger partial charge >= 0.3 is 5.97 Å². The van der Waals surface area contributed by atoms with Crippen LogP contribution in [0.2, 0.25) is 5.02 Å². The summed E-state index contributed by atoms with van der Waals surface area (Å²) in [6, 6.07) is 11.2. The summed E-state index contributed by atoms with van der Waals surface area (Å²) in [6.07, 6.45) is 0.654. The summed E-state index contributed by atoms with van der Waals surface area (Å²) < 4.78 is 11.6. The molecule has 1 heterocycles. The van der Waals surface area contributed by atoms with Gasteiger partial charge in [0.15, 0.2) is 0 Å². The fourth-order valence-electron chi connectivity index (χ4n) is 3.57. The molecule has 0 bridgehead atoms. The molecule has 7 nitrogen and oxygen atoms in total. The molecule has 33 heavy (non-hydrogen) atoms. The number of thioether (sulfide) groups is 1. The van der Waals surface area contributed by atoms with Crippen LogP contribution >= 0.6 is 23.4 Å². The zero-order chi connectivity index (χ0) is 24.1. The predicted octanol–water partition coefficient (Wildman–Crippen LogP) is 5.46. The topological polar surface area (TPSA) is 68.3 Å². The molecule has 1 atom stereocenters. The molecule has 1 aliphatic rings. The predicted molar refractivity (Wildman–Crippen MR) is 130 cm³/mol. The molecule has 0 spiro atoms. The molecule has 2 aromatic rings. The largest absolute Gasteiger partial charge is 0.497 e. The smallest absolute Gasteiger partial charge is 0.322 e. The van der Waals surface area contributed by atoms with Gasteiger partial charge in [0, 0.05) is 41.9 Å². The second-order valence-corrected chi connectivity index (χ2v) is 9.45. The van der Waals surface area contributed by atoms with Gasteiger partial charge in [-0.2, -0.15) is 0 Å². The normalized spacial score (nSPS) is 15.0. The summed E-state index contributed by atoms with van der Waals surface area (Å²) >= 11 is 7.74. The molecular formula is C24H29ClN2O5S. The number of hydrogen-bond acceptors (Lipinski definition) is 7. The number of ether oxygens (including phenoxy) is 2. The minimum atomic E-state index is -0.343. The van der Waals surface area contributed by atoms with E-state index in [1.807, 2.05) is 44.2 Å². The standard InChI is InChI=1S/C24H29ClN2O5S/c1-15(2)26(32-17(4)29)11-6-12-31-22-10-8-19(30-5)14-20(22)24-27(16(3)28)21-9-7-18(25)13-23(21)33-24/h7-10,13-15,24H,6,11-12H2,1-5H3. The maximum Gasteiger partial charge on any atom is 0.322 e. The minimum Gasteiger partial charge on any atom is -0.497 e. The molecule has 0 saturated heterocycles. The van der Waals surface area contributed by atoms with Crippen molar-refractivity contribution in [2.24, 2.45) is 0 Å². The first-order chi connectivity index (χ1) is 15.7. The van der Waals surface area contributed by atoms with Crippen LogP contribution in [0.4, 0.5) is 5.69 Å². The molecule has 2 aromatic carbocycles. The summed E-state index contributed by atoms with van der Waals surface area (Å²) in [5.41, 5.74) is 1.66. The van der Waals surface area contributed by atoms with E-state index in [1.54, 1.807) is 41.8 Å². The van der Waals surface area contributed by atoms with E-state index in [0.717, 1.165) is 16.1 Å². The Morgan fingerprint density at radius 2 is 1.94 bits per heavy atom. The van der Waals surface area contributed by atoms with Crippen molar-refractivity contribution >= 4 is 40.9 Å². The van der Waals surface area contributed by atoms with E-state index in [-0.39, 0.29) is 23.3 Å². The van der Waals surface area contributed by atoms with Crippen LogP contribution in [0.5, 0.6) is 11.5 Å². The third kappa shape index (κ3) is 6.13. The average molecular weight is 493 g/mol. The number of hydrogen-bond donors (Lipinski definition) is 0. The van der Waals surface area contributed by atoms with E-state index in [4.69, 9.17) is 25.9 Å². The van der Waals surface area contributed by atoms with Gasteiger partial charge in [-0.1, -0.05) is 23.4 Å². The first-order valence-electron chi connectivity index (χ1n) is 10.7. The summed E-state index contributed by atoms with van der Waals surface area (Å²) in [6.45, 7) is 7.82. The highest BCUT2D eigenvalue weighted by Gasteiger charge is 2.36. The lowest BCUT2D eigenvalue weighted by Gasteiger charge is -2.26. The van der Waals surface area contributed by atoms with Crippen LogP contribution in [-0.2, 0) is 14.4 Å². The fraction of sp³-hybridized carbons (Fsp3) is 0.417. The van der Waals surface area contributed by atoms with Gasteiger partial charge in [0.25, 0.3) is 0 Å². The minimum absolute atomic E-state index is 0.0646. The highest BCUT2D eigenvalue weighted by molar-refractivity contribution is 8.00. The maximum absolute atomic E-state index is 12.6. The van der Waals surface area contributed by atoms with E-state index >= 15 is 0 Å². The molecule has 1 unspecified atom stereocenters. The number of hydroxylamine groups is 2. The van der Waals surface area contributed by atoms with Crippen LogP contribution in [-0.4, -0.2) is 43.2 Å². The van der Waals surface area contributed by atoms with Gasteiger partial charge in [-0.25, -0.2) is 0 Å². The van der Waals surface area contributed by atoms with Crippen LogP contribution in [0.1, 0.15) is 45.1 Å². The molecule has 1 aliphatic heterocycles. The van der Waals surface area contributed by atoms with Crippen molar-refractivity contribution in [1.29, 1.82) is 0 Å². The Labute approximate surface area is 203 Å². The van der Waals surface area contributed by atoms with Crippen molar-refractivity contribution in [2.45, 2.75) is 50.4 Å². The first-order valence-corrected chi connectivity index (χ1v) is 12.0. The van der Waals surface area contributed by atoms with Gasteiger partial charge in [-0.15, -0.1) is 5.06 Å². The van der Waals surface area contributed by atoms with Crippen LogP contribution in [0.25, 0.3) is 0 Å². The van der Waals surface area contributed by atoms with Crippen molar-refractivity contribution in [1.82, 2.24) is 5.06 Å². The van der Waals surface area contributed by atoms with Crippen molar-refractivity contribution < 1.29 is 23.9 Å². The van der Waals surface area contributed by atoms with Crippen LogP contribution < -0.4 is 14.4 Å². The number of rotatable bonds is 9. The molecule has 0 aromatic heterocycles.